The number of rotatable bonds is 3. The van der Waals surface area contributed by atoms with Gasteiger partial charge in [-0.25, -0.2) is 0 Å². The number of hydrogen-bond donors (Lipinski definition) is 1. The SMILES string of the molecule is COc1cc(/C=N\n2c(C(C)(C)C)n[nH]c2=S)cc2c1OCCO2. The minimum atomic E-state index is -0.185. The first-order valence-corrected chi connectivity index (χ1v) is 8.01. The smallest absolute Gasteiger partial charge is 0.216 e. The maximum absolute atomic E-state index is 5.63. The second-order valence-corrected chi connectivity index (χ2v) is 6.79. The standard InChI is InChI=1S/C16H20N4O3S/c1-16(2,3)14-18-19-15(24)20(14)17-9-10-7-11(21-4)13-12(8-10)22-5-6-23-13/h7-9H,5-6H2,1-4H3,(H,19,24)/b17-9-. The highest BCUT2D eigenvalue weighted by Gasteiger charge is 2.22. The van der Waals surface area contributed by atoms with Crippen LogP contribution in [0.3, 0.4) is 0 Å². The number of methoxy groups -OCH3 is 1. The highest BCUT2D eigenvalue weighted by atomic mass is 32.1. The quantitative estimate of drug-likeness (QED) is 0.682. The zero-order valence-corrected chi connectivity index (χ0v) is 14.9. The average Bonchev–Trinajstić information content (AvgIpc) is 2.93. The lowest BCUT2D eigenvalue weighted by Crippen LogP contribution is -2.17. The molecular formula is C16H20N4O3S. The summed E-state index contributed by atoms with van der Waals surface area (Å²) in [7, 11) is 1.60. The topological polar surface area (TPSA) is 73.7 Å². The van der Waals surface area contributed by atoms with Crippen LogP contribution >= 0.6 is 12.2 Å². The summed E-state index contributed by atoms with van der Waals surface area (Å²) in [4.78, 5) is 0. The number of nitrogens with zero attached hydrogens (tertiary/aromatic N) is 3. The predicted molar refractivity (Wildman–Crippen MR) is 93.1 cm³/mol. The van der Waals surface area contributed by atoms with Gasteiger partial charge in [-0.1, -0.05) is 20.8 Å². The Morgan fingerprint density at radius 2 is 2.08 bits per heavy atom. The van der Waals surface area contributed by atoms with Crippen molar-refractivity contribution in [2.24, 2.45) is 5.10 Å². The fourth-order valence-electron chi connectivity index (χ4n) is 2.38. The molecule has 1 aromatic carbocycles. The maximum Gasteiger partial charge on any atom is 0.216 e. The fourth-order valence-corrected chi connectivity index (χ4v) is 2.56. The number of H-pyrrole nitrogens is 1. The molecule has 0 saturated carbocycles. The monoisotopic (exact) mass is 348 g/mol. The summed E-state index contributed by atoms with van der Waals surface area (Å²) >= 11 is 5.26. The lowest BCUT2D eigenvalue weighted by molar-refractivity contribution is 0.165. The molecule has 1 aromatic heterocycles. The highest BCUT2D eigenvalue weighted by Crippen LogP contribution is 2.40. The Morgan fingerprint density at radius 1 is 1.33 bits per heavy atom. The van der Waals surface area contributed by atoms with Gasteiger partial charge in [-0.3, -0.25) is 5.10 Å². The summed E-state index contributed by atoms with van der Waals surface area (Å²) in [6.07, 6.45) is 1.70. The van der Waals surface area contributed by atoms with Crippen molar-refractivity contribution >= 4 is 18.4 Å². The van der Waals surface area contributed by atoms with Crippen LogP contribution in [0.25, 0.3) is 0 Å². The van der Waals surface area contributed by atoms with Crippen molar-refractivity contribution in [1.29, 1.82) is 0 Å². The molecule has 0 amide bonds. The Labute approximate surface area is 145 Å². The molecule has 0 fully saturated rings. The van der Waals surface area contributed by atoms with Crippen LogP contribution in [-0.4, -0.2) is 41.4 Å². The van der Waals surface area contributed by atoms with E-state index in [1.165, 1.54) is 0 Å². The molecule has 1 N–H and O–H groups in total. The maximum atomic E-state index is 5.63. The molecule has 2 heterocycles. The Balaban J connectivity index is 1.99. The third-order valence-corrected chi connectivity index (χ3v) is 3.76. The number of benzene rings is 1. The van der Waals surface area contributed by atoms with E-state index in [-0.39, 0.29) is 5.41 Å². The van der Waals surface area contributed by atoms with E-state index in [0.717, 1.165) is 11.4 Å². The summed E-state index contributed by atoms with van der Waals surface area (Å²) in [6, 6.07) is 3.71. The number of hydrogen-bond acceptors (Lipinski definition) is 6. The molecule has 2 aromatic rings. The van der Waals surface area contributed by atoms with Gasteiger partial charge >= 0.3 is 0 Å². The Hall–Kier alpha value is -2.35. The normalized spacial score (nSPS) is 14.2. The van der Waals surface area contributed by atoms with Gasteiger partial charge in [0.15, 0.2) is 17.3 Å². The van der Waals surface area contributed by atoms with E-state index >= 15 is 0 Å². The second-order valence-electron chi connectivity index (χ2n) is 6.41. The molecule has 24 heavy (non-hydrogen) atoms. The van der Waals surface area contributed by atoms with Crippen LogP contribution < -0.4 is 14.2 Å². The van der Waals surface area contributed by atoms with E-state index in [2.05, 4.69) is 36.1 Å². The molecule has 3 rings (SSSR count). The minimum Gasteiger partial charge on any atom is -0.493 e. The molecule has 0 radical (unpaired) electrons. The Morgan fingerprint density at radius 3 is 2.79 bits per heavy atom. The largest absolute Gasteiger partial charge is 0.493 e. The Kier molecular flexibility index (Phi) is 4.31. The number of aromatic nitrogens is 3. The van der Waals surface area contributed by atoms with Crippen molar-refractivity contribution in [2.75, 3.05) is 20.3 Å². The van der Waals surface area contributed by atoms with E-state index in [1.54, 1.807) is 18.0 Å². The van der Waals surface area contributed by atoms with E-state index in [1.807, 2.05) is 12.1 Å². The molecule has 0 spiro atoms. The van der Waals surface area contributed by atoms with Crippen LogP contribution in [-0.2, 0) is 5.41 Å². The van der Waals surface area contributed by atoms with Gasteiger partial charge in [-0.05, 0) is 24.4 Å². The van der Waals surface area contributed by atoms with E-state index in [0.29, 0.717) is 35.2 Å². The predicted octanol–water partition coefficient (Wildman–Crippen LogP) is 2.90. The van der Waals surface area contributed by atoms with Gasteiger partial charge in [0.25, 0.3) is 0 Å². The molecule has 0 unspecified atom stereocenters. The summed E-state index contributed by atoms with van der Waals surface area (Å²) in [5.41, 5.74) is 0.633. The van der Waals surface area contributed by atoms with Gasteiger partial charge in [-0.15, -0.1) is 0 Å². The zero-order valence-electron chi connectivity index (χ0n) is 14.1. The molecule has 128 valence electrons. The third kappa shape index (κ3) is 3.14. The van der Waals surface area contributed by atoms with Gasteiger partial charge in [0.05, 0.1) is 13.3 Å². The summed E-state index contributed by atoms with van der Waals surface area (Å²) in [5, 5.41) is 11.5. The van der Waals surface area contributed by atoms with Crippen molar-refractivity contribution in [3.8, 4) is 17.2 Å². The summed E-state index contributed by atoms with van der Waals surface area (Å²) < 4.78 is 18.7. The Bertz CT molecular complexity index is 816. The van der Waals surface area contributed by atoms with Crippen molar-refractivity contribution in [3.05, 3.63) is 28.3 Å². The molecule has 1 aliphatic rings. The van der Waals surface area contributed by atoms with Crippen molar-refractivity contribution in [3.63, 3.8) is 0 Å². The van der Waals surface area contributed by atoms with Crippen LogP contribution in [0.4, 0.5) is 0 Å². The van der Waals surface area contributed by atoms with Gasteiger partial charge in [0, 0.05) is 11.0 Å². The lowest BCUT2D eigenvalue weighted by atomic mass is 9.96. The van der Waals surface area contributed by atoms with E-state index in [4.69, 9.17) is 26.4 Å². The van der Waals surface area contributed by atoms with Crippen LogP contribution in [0.2, 0.25) is 0 Å². The fraction of sp³-hybridized carbons (Fsp3) is 0.438. The summed E-state index contributed by atoms with van der Waals surface area (Å²) in [5.74, 6) is 2.64. The van der Waals surface area contributed by atoms with E-state index < -0.39 is 0 Å². The van der Waals surface area contributed by atoms with Crippen molar-refractivity contribution in [2.45, 2.75) is 26.2 Å². The van der Waals surface area contributed by atoms with E-state index in [9.17, 15) is 0 Å². The van der Waals surface area contributed by atoms with Gasteiger partial charge in [-0.2, -0.15) is 14.9 Å². The molecular weight excluding hydrogens is 328 g/mol. The van der Waals surface area contributed by atoms with Crippen molar-refractivity contribution in [1.82, 2.24) is 14.9 Å². The lowest BCUT2D eigenvalue weighted by Gasteiger charge is -2.20. The second kappa shape index (κ2) is 6.27. The molecule has 0 bridgehead atoms. The molecule has 1 aliphatic heterocycles. The minimum absolute atomic E-state index is 0.185. The number of ether oxygens (including phenoxy) is 3. The molecule has 8 heteroatoms. The van der Waals surface area contributed by atoms with Crippen molar-refractivity contribution < 1.29 is 14.2 Å². The third-order valence-electron chi connectivity index (χ3n) is 3.49. The van der Waals surface area contributed by atoms with Gasteiger partial charge in [0.1, 0.15) is 13.2 Å². The van der Waals surface area contributed by atoms with Gasteiger partial charge < -0.3 is 14.2 Å². The van der Waals surface area contributed by atoms with Crippen LogP contribution in [0.1, 0.15) is 32.2 Å². The zero-order chi connectivity index (χ0) is 17.3. The molecule has 0 aliphatic carbocycles. The number of aromatic amines is 1. The first kappa shape index (κ1) is 16.5. The highest BCUT2D eigenvalue weighted by molar-refractivity contribution is 7.71. The molecule has 0 atom stereocenters. The first-order valence-electron chi connectivity index (χ1n) is 7.60. The number of fused-ring (bicyclic) bond motifs is 1. The van der Waals surface area contributed by atoms with Gasteiger partial charge in [0.2, 0.25) is 10.5 Å². The average molecular weight is 348 g/mol. The number of nitrogens with one attached hydrogen (secondary N) is 1. The van der Waals surface area contributed by atoms with Crippen LogP contribution in [0.5, 0.6) is 17.2 Å². The van der Waals surface area contributed by atoms with Crippen LogP contribution in [0, 0.1) is 4.77 Å². The molecule has 7 nitrogen and oxygen atoms in total. The molecule has 0 saturated heterocycles. The summed E-state index contributed by atoms with van der Waals surface area (Å²) in [6.45, 7) is 7.18. The van der Waals surface area contributed by atoms with Crippen LogP contribution in [0.15, 0.2) is 17.2 Å². The first-order chi connectivity index (χ1) is 11.4.